The van der Waals surface area contributed by atoms with Gasteiger partial charge in [0.25, 0.3) is 5.56 Å². The van der Waals surface area contributed by atoms with Gasteiger partial charge in [-0.05, 0) is 38.0 Å². The highest BCUT2D eigenvalue weighted by atomic mass is 32.2. The molecule has 0 unspecified atom stereocenters. The van der Waals surface area contributed by atoms with Gasteiger partial charge in [-0.15, -0.1) is 11.3 Å². The molecule has 0 spiro atoms. The van der Waals surface area contributed by atoms with E-state index in [0.717, 1.165) is 22.5 Å². The molecule has 156 valence electrons. The van der Waals surface area contributed by atoms with Crippen LogP contribution in [0.2, 0.25) is 0 Å². The van der Waals surface area contributed by atoms with E-state index in [2.05, 4.69) is 10.3 Å². The minimum absolute atomic E-state index is 0.0695. The summed E-state index contributed by atoms with van der Waals surface area (Å²) < 4.78 is 1.50. The zero-order chi connectivity index (χ0) is 21.4. The third kappa shape index (κ3) is 3.75. The number of hydrogen-bond acceptors (Lipinski definition) is 6. The molecule has 0 bridgehead atoms. The molecule has 1 aliphatic rings. The van der Waals surface area contributed by atoms with E-state index in [1.807, 2.05) is 32.0 Å². The summed E-state index contributed by atoms with van der Waals surface area (Å²) in [7, 11) is 1.68. The van der Waals surface area contributed by atoms with Crippen molar-refractivity contribution < 1.29 is 9.59 Å². The first-order valence-corrected chi connectivity index (χ1v) is 11.5. The van der Waals surface area contributed by atoms with Gasteiger partial charge in [0.15, 0.2) is 5.16 Å². The Morgan fingerprint density at radius 3 is 2.77 bits per heavy atom. The second kappa shape index (κ2) is 8.23. The van der Waals surface area contributed by atoms with Crippen molar-refractivity contribution in [2.45, 2.75) is 31.8 Å². The van der Waals surface area contributed by atoms with Crippen LogP contribution in [0.15, 0.2) is 34.2 Å². The van der Waals surface area contributed by atoms with Gasteiger partial charge in [0.2, 0.25) is 11.8 Å². The van der Waals surface area contributed by atoms with Crippen molar-refractivity contribution in [3.8, 4) is 0 Å². The normalized spacial score (nSPS) is 14.0. The Hall–Kier alpha value is -2.65. The predicted molar refractivity (Wildman–Crippen MR) is 122 cm³/mol. The van der Waals surface area contributed by atoms with Gasteiger partial charge >= 0.3 is 0 Å². The lowest BCUT2D eigenvalue weighted by Crippen LogP contribution is -2.26. The zero-order valence-corrected chi connectivity index (χ0v) is 18.7. The summed E-state index contributed by atoms with van der Waals surface area (Å²) in [6.45, 7) is 4.57. The first-order valence-electron chi connectivity index (χ1n) is 9.65. The number of rotatable bonds is 5. The molecular weight excluding hydrogens is 420 g/mol. The minimum Gasteiger partial charge on any atom is -0.324 e. The van der Waals surface area contributed by atoms with Crippen molar-refractivity contribution in [1.82, 2.24) is 9.55 Å². The number of aryl methyl sites for hydroxylation is 2. The summed E-state index contributed by atoms with van der Waals surface area (Å²) in [4.78, 5) is 45.5. The van der Waals surface area contributed by atoms with E-state index in [-0.39, 0.29) is 23.1 Å². The number of carbonyl (C=O) groups is 2. The molecule has 4 rings (SSSR count). The highest BCUT2D eigenvalue weighted by Crippen LogP contribution is 2.30. The molecule has 0 atom stereocenters. The summed E-state index contributed by atoms with van der Waals surface area (Å²) >= 11 is 2.72. The smallest absolute Gasteiger partial charge is 0.262 e. The van der Waals surface area contributed by atoms with Crippen LogP contribution >= 0.6 is 23.1 Å². The first-order chi connectivity index (χ1) is 14.4. The Balaban J connectivity index is 1.51. The number of benzene rings is 1. The Labute approximate surface area is 182 Å². The van der Waals surface area contributed by atoms with E-state index < -0.39 is 0 Å². The molecule has 1 fully saturated rings. The van der Waals surface area contributed by atoms with Crippen molar-refractivity contribution >= 4 is 56.5 Å². The Morgan fingerprint density at radius 2 is 2.03 bits per heavy atom. The van der Waals surface area contributed by atoms with Gasteiger partial charge in [-0.25, -0.2) is 4.98 Å². The average molecular weight is 443 g/mol. The third-order valence-electron chi connectivity index (χ3n) is 5.24. The van der Waals surface area contributed by atoms with E-state index in [0.29, 0.717) is 34.0 Å². The molecule has 3 heterocycles. The molecular formula is C21H22N4O3S2. The zero-order valence-electron chi connectivity index (χ0n) is 17.0. The second-order valence-corrected chi connectivity index (χ2v) is 9.37. The average Bonchev–Trinajstić information content (AvgIpc) is 3.27. The van der Waals surface area contributed by atoms with E-state index in [1.165, 1.54) is 27.7 Å². The molecule has 0 radical (unpaired) electrons. The number of nitrogens with one attached hydrogen (secondary N) is 1. The van der Waals surface area contributed by atoms with Gasteiger partial charge in [0, 0.05) is 24.9 Å². The number of thiophene rings is 1. The van der Waals surface area contributed by atoms with E-state index in [4.69, 9.17) is 0 Å². The lowest BCUT2D eigenvalue weighted by Gasteiger charge is -2.20. The van der Waals surface area contributed by atoms with Crippen molar-refractivity contribution in [2.75, 3.05) is 22.5 Å². The van der Waals surface area contributed by atoms with Gasteiger partial charge in [-0.1, -0.05) is 23.9 Å². The molecule has 1 aromatic carbocycles. The number of anilines is 2. The van der Waals surface area contributed by atoms with Gasteiger partial charge in [-0.3, -0.25) is 19.0 Å². The minimum atomic E-state index is -0.216. The van der Waals surface area contributed by atoms with Crippen LogP contribution in [0, 0.1) is 13.8 Å². The number of carbonyl (C=O) groups excluding carboxylic acids is 2. The van der Waals surface area contributed by atoms with Crippen molar-refractivity contribution in [1.29, 1.82) is 0 Å². The monoisotopic (exact) mass is 442 g/mol. The van der Waals surface area contributed by atoms with Gasteiger partial charge in [0.05, 0.1) is 22.5 Å². The molecule has 9 heteroatoms. The standard InChI is InChI=1S/C21H22N4O3S2/c1-12-13(2)30-19-18(12)20(28)24(3)21(23-19)29-11-16(26)22-14-7-4-5-8-15(14)25-10-6-9-17(25)27/h4-5,7-8H,6,9-11H2,1-3H3,(H,22,26). The highest BCUT2D eigenvalue weighted by molar-refractivity contribution is 7.99. The molecule has 3 aromatic rings. The fourth-order valence-corrected chi connectivity index (χ4v) is 5.36. The highest BCUT2D eigenvalue weighted by Gasteiger charge is 2.24. The van der Waals surface area contributed by atoms with Crippen LogP contribution < -0.4 is 15.8 Å². The Bertz CT molecular complexity index is 1210. The summed E-state index contributed by atoms with van der Waals surface area (Å²) in [5.74, 6) is -0.0377. The second-order valence-electron chi connectivity index (χ2n) is 7.22. The molecule has 2 amide bonds. The number of hydrogen-bond donors (Lipinski definition) is 1. The van der Waals surface area contributed by atoms with Crippen molar-refractivity contribution in [2.24, 2.45) is 7.05 Å². The maximum Gasteiger partial charge on any atom is 0.262 e. The number of fused-ring (bicyclic) bond motifs is 1. The van der Waals surface area contributed by atoms with Crippen LogP contribution in [0.5, 0.6) is 0 Å². The molecule has 1 N–H and O–H groups in total. The fourth-order valence-electron chi connectivity index (χ4n) is 3.52. The third-order valence-corrected chi connectivity index (χ3v) is 7.38. The molecule has 0 saturated carbocycles. The largest absolute Gasteiger partial charge is 0.324 e. The lowest BCUT2D eigenvalue weighted by molar-refractivity contribution is -0.117. The summed E-state index contributed by atoms with van der Waals surface area (Å²) in [6, 6.07) is 7.31. The van der Waals surface area contributed by atoms with Crippen LogP contribution in [0.25, 0.3) is 10.2 Å². The van der Waals surface area contributed by atoms with E-state index in [9.17, 15) is 14.4 Å². The van der Waals surface area contributed by atoms with Gasteiger partial charge in [-0.2, -0.15) is 0 Å². The quantitative estimate of drug-likeness (QED) is 0.483. The number of nitrogens with zero attached hydrogens (tertiary/aromatic N) is 3. The molecule has 0 aliphatic carbocycles. The molecule has 1 aliphatic heterocycles. The van der Waals surface area contributed by atoms with E-state index >= 15 is 0 Å². The van der Waals surface area contributed by atoms with Gasteiger partial charge < -0.3 is 10.2 Å². The molecule has 7 nitrogen and oxygen atoms in total. The van der Waals surface area contributed by atoms with Crippen molar-refractivity contribution in [3.63, 3.8) is 0 Å². The Kier molecular flexibility index (Phi) is 5.66. The maximum atomic E-state index is 12.7. The number of para-hydroxylation sites is 2. The Morgan fingerprint density at radius 1 is 1.27 bits per heavy atom. The van der Waals surface area contributed by atoms with Crippen LogP contribution in [0.1, 0.15) is 23.3 Å². The fraction of sp³-hybridized carbons (Fsp3) is 0.333. The number of thioether (sulfide) groups is 1. The lowest BCUT2D eigenvalue weighted by atomic mass is 10.2. The molecule has 30 heavy (non-hydrogen) atoms. The number of aromatic nitrogens is 2. The van der Waals surface area contributed by atoms with Crippen LogP contribution in [0.4, 0.5) is 11.4 Å². The van der Waals surface area contributed by atoms with Crippen LogP contribution in [-0.4, -0.2) is 33.7 Å². The first kappa shape index (κ1) is 20.6. The SMILES string of the molecule is Cc1sc2nc(SCC(=O)Nc3ccccc3N3CCCC3=O)n(C)c(=O)c2c1C. The predicted octanol–water partition coefficient (Wildman–Crippen LogP) is 3.47. The topological polar surface area (TPSA) is 84.3 Å². The molecule has 2 aromatic heterocycles. The maximum absolute atomic E-state index is 12.7. The molecule has 1 saturated heterocycles. The van der Waals surface area contributed by atoms with Crippen molar-refractivity contribution in [3.05, 3.63) is 45.1 Å². The summed E-state index contributed by atoms with van der Waals surface area (Å²) in [5.41, 5.74) is 2.20. The summed E-state index contributed by atoms with van der Waals surface area (Å²) in [6.07, 6.45) is 1.35. The van der Waals surface area contributed by atoms with Crippen LogP contribution in [0.3, 0.4) is 0 Å². The van der Waals surface area contributed by atoms with Crippen LogP contribution in [-0.2, 0) is 16.6 Å². The summed E-state index contributed by atoms with van der Waals surface area (Å²) in [5, 5.41) is 4.05. The number of amides is 2. The van der Waals surface area contributed by atoms with Gasteiger partial charge in [0.1, 0.15) is 4.83 Å². The van der Waals surface area contributed by atoms with E-state index in [1.54, 1.807) is 18.0 Å².